The quantitative estimate of drug-likeness (QED) is 0.636. The van der Waals surface area contributed by atoms with Crippen LogP contribution >= 0.6 is 23.5 Å². The predicted molar refractivity (Wildman–Crippen MR) is 62.8 cm³/mol. The molecule has 3 nitrogen and oxygen atoms in total. The normalized spacial score (nSPS) is 26.2. The maximum Gasteiger partial charge on any atom is 0.262 e. The van der Waals surface area contributed by atoms with Crippen molar-refractivity contribution in [1.29, 1.82) is 0 Å². The largest absolute Gasteiger partial charge is 0.271 e. The first-order valence-electron chi connectivity index (χ1n) is 4.24. The molecule has 0 aromatic rings. The van der Waals surface area contributed by atoms with E-state index in [-0.39, 0.29) is 11.8 Å². The third kappa shape index (κ3) is 1.44. The minimum Gasteiger partial charge on any atom is -0.271 e. The Morgan fingerprint density at radius 1 is 1.36 bits per heavy atom. The van der Waals surface area contributed by atoms with Crippen LogP contribution in [0, 0.1) is 5.92 Å². The van der Waals surface area contributed by atoms with Gasteiger partial charge in [-0.2, -0.15) is 4.99 Å². The highest BCUT2D eigenvalue weighted by molar-refractivity contribution is 8.18. The van der Waals surface area contributed by atoms with Crippen LogP contribution in [0.2, 0.25) is 0 Å². The van der Waals surface area contributed by atoms with Gasteiger partial charge < -0.3 is 0 Å². The monoisotopic (exact) mass is 226 g/mol. The van der Waals surface area contributed by atoms with E-state index in [0.29, 0.717) is 5.17 Å². The summed E-state index contributed by atoms with van der Waals surface area (Å²) in [5.41, 5.74) is 1.10. The van der Waals surface area contributed by atoms with Gasteiger partial charge in [0, 0.05) is 0 Å². The molecule has 0 bridgehead atoms. The van der Waals surface area contributed by atoms with Crippen molar-refractivity contribution in [3.8, 4) is 0 Å². The molecule has 0 radical (unpaired) electrons. The molecule has 0 aromatic carbocycles. The number of thioether (sulfide) groups is 2. The van der Waals surface area contributed by atoms with Crippen LogP contribution in [0.25, 0.3) is 0 Å². The molecule has 14 heavy (non-hydrogen) atoms. The van der Waals surface area contributed by atoms with Crippen LogP contribution in [0.5, 0.6) is 0 Å². The summed E-state index contributed by atoms with van der Waals surface area (Å²) in [5.74, 6) is -0.253. The summed E-state index contributed by atoms with van der Waals surface area (Å²) in [6, 6.07) is 0. The van der Waals surface area contributed by atoms with Crippen LogP contribution in [0.15, 0.2) is 20.5 Å². The van der Waals surface area contributed by atoms with Crippen molar-refractivity contribution in [3.05, 3.63) is 10.5 Å². The Kier molecular flexibility index (Phi) is 2.53. The lowest BCUT2D eigenvalue weighted by Gasteiger charge is -2.13. The number of carbonyl (C=O) groups is 1. The smallest absolute Gasteiger partial charge is 0.262 e. The SMILES string of the molecule is CSC1=NC(=O)C2C(=N1)SC(C)=C2C. The van der Waals surface area contributed by atoms with E-state index in [1.165, 1.54) is 16.7 Å². The van der Waals surface area contributed by atoms with E-state index in [0.717, 1.165) is 10.6 Å². The molecule has 2 heterocycles. The van der Waals surface area contributed by atoms with Gasteiger partial charge in [-0.1, -0.05) is 23.5 Å². The number of carbonyl (C=O) groups excluding carboxylic acids is 1. The molecule has 0 aromatic heterocycles. The van der Waals surface area contributed by atoms with Gasteiger partial charge in [0.25, 0.3) is 5.91 Å². The van der Waals surface area contributed by atoms with E-state index < -0.39 is 0 Å². The van der Waals surface area contributed by atoms with Crippen molar-refractivity contribution >= 4 is 39.6 Å². The lowest BCUT2D eigenvalue weighted by molar-refractivity contribution is -0.118. The van der Waals surface area contributed by atoms with Crippen molar-refractivity contribution in [2.24, 2.45) is 15.9 Å². The summed E-state index contributed by atoms with van der Waals surface area (Å²) in [6.07, 6.45) is 1.88. The van der Waals surface area contributed by atoms with Crippen LogP contribution in [0.3, 0.4) is 0 Å². The third-order valence-corrected chi connectivity index (χ3v) is 4.05. The van der Waals surface area contributed by atoms with E-state index >= 15 is 0 Å². The summed E-state index contributed by atoms with van der Waals surface area (Å²) >= 11 is 3.01. The molecule has 0 fully saturated rings. The van der Waals surface area contributed by atoms with Crippen LogP contribution in [0.4, 0.5) is 0 Å². The second kappa shape index (κ2) is 3.55. The first-order chi connectivity index (χ1) is 6.63. The van der Waals surface area contributed by atoms with Gasteiger partial charge in [0.15, 0.2) is 5.17 Å². The number of amidine groups is 1. The second-order valence-corrected chi connectivity index (χ2v) is 5.17. The van der Waals surface area contributed by atoms with Gasteiger partial charge in [-0.3, -0.25) is 4.79 Å². The van der Waals surface area contributed by atoms with E-state index in [1.807, 2.05) is 20.1 Å². The number of amides is 1. The Bertz CT molecular complexity index is 396. The molecule has 2 aliphatic heterocycles. The zero-order valence-corrected chi connectivity index (χ0v) is 9.83. The molecule has 0 N–H and O–H groups in total. The maximum atomic E-state index is 11.7. The average Bonchev–Trinajstić information content (AvgIpc) is 2.43. The van der Waals surface area contributed by atoms with Gasteiger partial charge in [-0.25, -0.2) is 4.99 Å². The Balaban J connectivity index is 2.40. The summed E-state index contributed by atoms with van der Waals surface area (Å²) < 4.78 is 0. The molecule has 0 spiro atoms. The van der Waals surface area contributed by atoms with Crippen LogP contribution < -0.4 is 0 Å². The molecule has 74 valence electrons. The third-order valence-electron chi connectivity index (χ3n) is 2.33. The van der Waals surface area contributed by atoms with Crippen molar-refractivity contribution in [3.63, 3.8) is 0 Å². The number of allylic oxidation sites excluding steroid dienone is 1. The number of rotatable bonds is 0. The van der Waals surface area contributed by atoms with Crippen LogP contribution in [0.1, 0.15) is 13.8 Å². The number of fused-ring (bicyclic) bond motifs is 1. The molecule has 0 aliphatic carbocycles. The molecular formula is C9H10N2OS2. The van der Waals surface area contributed by atoms with Gasteiger partial charge in [-0.15, -0.1) is 0 Å². The second-order valence-electron chi connectivity index (χ2n) is 3.16. The van der Waals surface area contributed by atoms with Crippen molar-refractivity contribution in [1.82, 2.24) is 0 Å². The number of hydrogen-bond acceptors (Lipinski definition) is 4. The van der Waals surface area contributed by atoms with E-state index in [1.54, 1.807) is 11.8 Å². The Morgan fingerprint density at radius 2 is 2.07 bits per heavy atom. The fraction of sp³-hybridized carbons (Fsp3) is 0.444. The highest BCUT2D eigenvalue weighted by atomic mass is 32.2. The van der Waals surface area contributed by atoms with E-state index in [2.05, 4.69) is 9.98 Å². The standard InChI is InChI=1S/C9H10N2OS2/c1-4-5(2)14-8-6(4)7(12)10-9(11-8)13-3/h6H,1-3H3. The number of aliphatic imine (C=N–C) groups is 2. The van der Waals surface area contributed by atoms with Gasteiger partial charge in [-0.05, 0) is 30.6 Å². The first-order valence-corrected chi connectivity index (χ1v) is 6.28. The molecule has 2 aliphatic rings. The summed E-state index contributed by atoms with van der Waals surface area (Å²) in [5, 5.41) is 1.47. The van der Waals surface area contributed by atoms with Crippen molar-refractivity contribution < 1.29 is 4.79 Å². The average molecular weight is 226 g/mol. The Hall–Kier alpha value is -0.550. The fourth-order valence-electron chi connectivity index (χ4n) is 1.43. The Labute approximate surface area is 91.2 Å². The highest BCUT2D eigenvalue weighted by Gasteiger charge is 2.36. The molecule has 0 saturated carbocycles. The Morgan fingerprint density at radius 3 is 2.71 bits per heavy atom. The van der Waals surface area contributed by atoms with Gasteiger partial charge in [0.2, 0.25) is 0 Å². The molecule has 5 heteroatoms. The van der Waals surface area contributed by atoms with Crippen molar-refractivity contribution in [2.75, 3.05) is 6.26 Å². The maximum absolute atomic E-state index is 11.7. The van der Waals surface area contributed by atoms with Gasteiger partial charge in [0.05, 0.1) is 5.04 Å². The van der Waals surface area contributed by atoms with E-state index in [9.17, 15) is 4.79 Å². The lowest BCUT2D eigenvalue weighted by Crippen LogP contribution is -2.23. The minimum atomic E-state index is -0.184. The van der Waals surface area contributed by atoms with Crippen LogP contribution in [-0.4, -0.2) is 22.4 Å². The molecule has 2 rings (SSSR count). The van der Waals surface area contributed by atoms with Crippen molar-refractivity contribution in [2.45, 2.75) is 13.8 Å². The fourth-order valence-corrected chi connectivity index (χ4v) is 2.98. The minimum absolute atomic E-state index is 0.0683. The lowest BCUT2D eigenvalue weighted by atomic mass is 10.0. The molecule has 1 atom stereocenters. The summed E-state index contributed by atoms with van der Waals surface area (Å²) in [6.45, 7) is 4.00. The van der Waals surface area contributed by atoms with E-state index in [4.69, 9.17) is 0 Å². The molecular weight excluding hydrogens is 216 g/mol. The first kappa shape index (κ1) is 9.98. The highest BCUT2D eigenvalue weighted by Crippen LogP contribution is 2.40. The number of hydrogen-bond donors (Lipinski definition) is 0. The zero-order valence-electron chi connectivity index (χ0n) is 8.20. The van der Waals surface area contributed by atoms with Gasteiger partial charge in [0.1, 0.15) is 5.92 Å². The van der Waals surface area contributed by atoms with Gasteiger partial charge >= 0.3 is 0 Å². The zero-order chi connectivity index (χ0) is 10.3. The topological polar surface area (TPSA) is 41.8 Å². The molecule has 0 saturated heterocycles. The summed E-state index contributed by atoms with van der Waals surface area (Å²) in [7, 11) is 0. The van der Waals surface area contributed by atoms with Crippen LogP contribution in [-0.2, 0) is 4.79 Å². The molecule has 1 unspecified atom stereocenters. The summed E-state index contributed by atoms with van der Waals surface area (Å²) in [4.78, 5) is 21.1. The number of nitrogens with zero attached hydrogens (tertiary/aromatic N) is 2. The predicted octanol–water partition coefficient (Wildman–Crippen LogP) is 2.30. The molecule has 1 amide bonds.